The number of benzene rings is 2. The second kappa shape index (κ2) is 11.2. The fraction of sp³-hybridized carbons (Fsp3) is 0.448. The molecular formula is C29H33FN2O4. The Kier molecular flexibility index (Phi) is 7.66. The van der Waals surface area contributed by atoms with Crippen LogP contribution in [-0.2, 0) is 4.79 Å². The van der Waals surface area contributed by atoms with E-state index in [-0.39, 0.29) is 36.3 Å². The highest BCUT2D eigenvalue weighted by atomic mass is 19.1. The normalized spacial score (nSPS) is 20.7. The Bertz CT molecular complexity index is 1110. The molecule has 0 N–H and O–H groups in total. The fourth-order valence-electron chi connectivity index (χ4n) is 5.47. The van der Waals surface area contributed by atoms with Crippen molar-refractivity contribution in [1.82, 2.24) is 9.80 Å². The summed E-state index contributed by atoms with van der Waals surface area (Å²) in [5.41, 5.74) is 1.51. The topological polar surface area (TPSA) is 59.1 Å². The fourth-order valence-corrected chi connectivity index (χ4v) is 5.47. The lowest BCUT2D eigenvalue weighted by atomic mass is 9.88. The first-order valence-corrected chi connectivity index (χ1v) is 13.0. The average molecular weight is 493 g/mol. The number of rotatable bonds is 7. The van der Waals surface area contributed by atoms with Crippen LogP contribution >= 0.6 is 0 Å². The maximum atomic E-state index is 13.2. The van der Waals surface area contributed by atoms with Gasteiger partial charge in [0.2, 0.25) is 12.7 Å². The standard InChI is InChI=1S/C29H33FN2O4/c30-24-8-6-22(7-9-24)29(34)23-12-16-31(17-13-23)18-14-25-3-1-2-15-32(25)28(33)11-5-21-4-10-26-27(19-21)36-20-35-26/h4-11,19,23,25H,1-3,12-18,20H2/t25-/m0/s1. The molecule has 3 aliphatic heterocycles. The Hall–Kier alpha value is -3.19. The van der Waals surface area contributed by atoms with Crippen LogP contribution in [0.15, 0.2) is 48.5 Å². The van der Waals surface area contributed by atoms with Crippen molar-refractivity contribution in [3.05, 3.63) is 65.5 Å². The van der Waals surface area contributed by atoms with Gasteiger partial charge in [-0.2, -0.15) is 0 Å². The van der Waals surface area contributed by atoms with E-state index in [9.17, 15) is 14.0 Å². The second-order valence-corrected chi connectivity index (χ2v) is 9.90. The molecule has 1 amide bonds. The molecule has 0 aromatic heterocycles. The summed E-state index contributed by atoms with van der Waals surface area (Å²) in [7, 11) is 0. The van der Waals surface area contributed by atoms with E-state index in [1.165, 1.54) is 12.1 Å². The van der Waals surface area contributed by atoms with E-state index in [1.807, 2.05) is 29.2 Å². The third kappa shape index (κ3) is 5.78. The van der Waals surface area contributed by atoms with Gasteiger partial charge in [0.25, 0.3) is 0 Å². The number of Topliss-reactive ketones (excluding diaryl/α,β-unsaturated/α-hetero) is 1. The maximum Gasteiger partial charge on any atom is 0.246 e. The molecule has 5 rings (SSSR count). The Morgan fingerprint density at radius 3 is 2.53 bits per heavy atom. The SMILES string of the molecule is O=C(c1ccc(F)cc1)C1CCN(CC[C@@H]2CCCCN2C(=O)C=Cc2ccc3c(c2)OCO3)CC1. The minimum atomic E-state index is -0.319. The predicted molar refractivity (Wildman–Crippen MR) is 135 cm³/mol. The van der Waals surface area contributed by atoms with E-state index < -0.39 is 0 Å². The van der Waals surface area contributed by atoms with Gasteiger partial charge in [0.05, 0.1) is 0 Å². The number of hydrogen-bond donors (Lipinski definition) is 0. The van der Waals surface area contributed by atoms with E-state index in [4.69, 9.17) is 9.47 Å². The molecule has 0 radical (unpaired) electrons. The van der Waals surface area contributed by atoms with Gasteiger partial charge in [-0.05, 0) is 99.7 Å². The number of hydrogen-bond acceptors (Lipinski definition) is 5. The molecule has 2 saturated heterocycles. The van der Waals surface area contributed by atoms with Crippen molar-refractivity contribution in [3.8, 4) is 11.5 Å². The van der Waals surface area contributed by atoms with Gasteiger partial charge < -0.3 is 19.3 Å². The van der Waals surface area contributed by atoms with Crippen LogP contribution in [0.2, 0.25) is 0 Å². The second-order valence-electron chi connectivity index (χ2n) is 9.90. The first kappa shape index (κ1) is 24.5. The number of ether oxygens (including phenoxy) is 2. The molecule has 2 fully saturated rings. The quantitative estimate of drug-likeness (QED) is 0.405. The number of carbonyl (C=O) groups excluding carboxylic acids is 2. The highest BCUT2D eigenvalue weighted by Crippen LogP contribution is 2.33. The summed E-state index contributed by atoms with van der Waals surface area (Å²) in [4.78, 5) is 30.2. The number of piperidine rings is 2. The molecule has 0 unspecified atom stereocenters. The number of amides is 1. The average Bonchev–Trinajstić information content (AvgIpc) is 3.39. The Morgan fingerprint density at radius 1 is 0.944 bits per heavy atom. The molecule has 36 heavy (non-hydrogen) atoms. The number of halogens is 1. The van der Waals surface area contributed by atoms with Crippen LogP contribution in [0, 0.1) is 11.7 Å². The van der Waals surface area contributed by atoms with E-state index in [2.05, 4.69) is 4.90 Å². The first-order valence-electron chi connectivity index (χ1n) is 13.0. The Balaban J connectivity index is 1.11. The minimum absolute atomic E-state index is 0.000727. The van der Waals surface area contributed by atoms with Crippen molar-refractivity contribution in [2.75, 3.05) is 33.0 Å². The van der Waals surface area contributed by atoms with Gasteiger partial charge >= 0.3 is 0 Å². The molecule has 6 nitrogen and oxygen atoms in total. The molecule has 3 heterocycles. The predicted octanol–water partition coefficient (Wildman–Crippen LogP) is 4.93. The number of nitrogens with zero attached hydrogens (tertiary/aromatic N) is 2. The zero-order chi connectivity index (χ0) is 24.9. The molecule has 7 heteroatoms. The van der Waals surface area contributed by atoms with Crippen molar-refractivity contribution >= 4 is 17.8 Å². The van der Waals surface area contributed by atoms with Crippen molar-refractivity contribution in [1.29, 1.82) is 0 Å². The van der Waals surface area contributed by atoms with Gasteiger partial charge in [0.15, 0.2) is 17.3 Å². The number of ketones is 1. The zero-order valence-electron chi connectivity index (χ0n) is 20.5. The number of fused-ring (bicyclic) bond motifs is 1. The zero-order valence-corrected chi connectivity index (χ0v) is 20.5. The molecule has 2 aromatic rings. The van der Waals surface area contributed by atoms with Crippen LogP contribution < -0.4 is 9.47 Å². The molecule has 0 spiro atoms. The largest absolute Gasteiger partial charge is 0.454 e. The van der Waals surface area contributed by atoms with E-state index in [1.54, 1.807) is 18.2 Å². The van der Waals surface area contributed by atoms with E-state index in [0.29, 0.717) is 11.3 Å². The van der Waals surface area contributed by atoms with Crippen molar-refractivity contribution in [2.45, 2.75) is 44.6 Å². The lowest BCUT2D eigenvalue weighted by Gasteiger charge is -2.37. The Labute approximate surface area is 211 Å². The van der Waals surface area contributed by atoms with Gasteiger partial charge in [-0.15, -0.1) is 0 Å². The smallest absolute Gasteiger partial charge is 0.246 e. The van der Waals surface area contributed by atoms with Crippen molar-refractivity contribution in [2.24, 2.45) is 5.92 Å². The van der Waals surface area contributed by atoms with Crippen LogP contribution in [0.5, 0.6) is 11.5 Å². The van der Waals surface area contributed by atoms with Gasteiger partial charge in [-0.25, -0.2) is 4.39 Å². The summed E-state index contributed by atoms with van der Waals surface area (Å²) < 4.78 is 23.9. The molecule has 1 atom stereocenters. The molecular weight excluding hydrogens is 459 g/mol. The third-order valence-corrected chi connectivity index (χ3v) is 7.59. The molecule has 190 valence electrons. The van der Waals surface area contributed by atoms with Gasteiger partial charge in [0, 0.05) is 36.7 Å². The number of likely N-dealkylation sites (tertiary alicyclic amines) is 2. The first-order chi connectivity index (χ1) is 17.6. The number of carbonyl (C=O) groups is 2. The van der Waals surface area contributed by atoms with Crippen LogP contribution in [0.4, 0.5) is 4.39 Å². The summed E-state index contributed by atoms with van der Waals surface area (Å²) in [5, 5.41) is 0. The van der Waals surface area contributed by atoms with Crippen molar-refractivity contribution in [3.63, 3.8) is 0 Å². The third-order valence-electron chi connectivity index (χ3n) is 7.59. The van der Waals surface area contributed by atoms with Gasteiger partial charge in [0.1, 0.15) is 5.82 Å². The monoisotopic (exact) mass is 492 g/mol. The summed E-state index contributed by atoms with van der Waals surface area (Å²) in [6.45, 7) is 3.71. The van der Waals surface area contributed by atoms with Crippen LogP contribution in [0.3, 0.4) is 0 Å². The van der Waals surface area contributed by atoms with E-state index >= 15 is 0 Å². The van der Waals surface area contributed by atoms with Gasteiger partial charge in [-0.1, -0.05) is 6.07 Å². The summed E-state index contributed by atoms with van der Waals surface area (Å²) in [6.07, 6.45) is 9.32. The molecule has 0 saturated carbocycles. The lowest BCUT2D eigenvalue weighted by Crippen LogP contribution is -2.45. The van der Waals surface area contributed by atoms with Crippen LogP contribution in [0.25, 0.3) is 6.08 Å². The van der Waals surface area contributed by atoms with Crippen LogP contribution in [0.1, 0.15) is 54.4 Å². The van der Waals surface area contributed by atoms with E-state index in [0.717, 1.165) is 76.0 Å². The van der Waals surface area contributed by atoms with Gasteiger partial charge in [-0.3, -0.25) is 9.59 Å². The highest BCUT2D eigenvalue weighted by molar-refractivity contribution is 5.97. The highest BCUT2D eigenvalue weighted by Gasteiger charge is 2.29. The molecule has 0 aliphatic carbocycles. The lowest BCUT2D eigenvalue weighted by molar-refractivity contribution is -0.129. The maximum absolute atomic E-state index is 13.2. The minimum Gasteiger partial charge on any atom is -0.454 e. The molecule has 3 aliphatic rings. The summed E-state index contributed by atoms with van der Waals surface area (Å²) >= 11 is 0. The van der Waals surface area contributed by atoms with Crippen LogP contribution in [-0.4, -0.2) is 60.5 Å². The van der Waals surface area contributed by atoms with Crippen molar-refractivity contribution < 1.29 is 23.5 Å². The summed E-state index contributed by atoms with van der Waals surface area (Å²) in [6, 6.07) is 11.8. The Morgan fingerprint density at radius 2 is 1.72 bits per heavy atom. The summed E-state index contributed by atoms with van der Waals surface area (Å²) in [5.74, 6) is 1.30. The molecule has 2 aromatic carbocycles. The molecule has 0 bridgehead atoms.